The second kappa shape index (κ2) is 9.07. The number of nitrogens with two attached hydrogens (primary N) is 1. The molecule has 2 aliphatic rings. The Kier molecular flexibility index (Phi) is 6.51. The van der Waals surface area contributed by atoms with Crippen molar-refractivity contribution < 1.29 is 19.2 Å². The van der Waals surface area contributed by atoms with Gasteiger partial charge in [0.2, 0.25) is 5.91 Å². The molecular weight excluding hydrogens is 372 g/mol. The van der Waals surface area contributed by atoms with Crippen molar-refractivity contribution >= 4 is 23.4 Å². The second-order valence-electron chi connectivity index (χ2n) is 7.52. The lowest BCUT2D eigenvalue weighted by molar-refractivity contribution is -0.143. The van der Waals surface area contributed by atoms with Crippen molar-refractivity contribution in [2.45, 2.75) is 51.0 Å². The van der Waals surface area contributed by atoms with Crippen molar-refractivity contribution in [2.75, 3.05) is 19.7 Å². The molecule has 0 aromatic heterocycles. The molecule has 8 heteroatoms. The van der Waals surface area contributed by atoms with Crippen LogP contribution in [0.3, 0.4) is 0 Å². The third-order valence-electron chi connectivity index (χ3n) is 5.47. The number of hydrogen-bond donors (Lipinski definition) is 2. The lowest BCUT2D eigenvalue weighted by Gasteiger charge is -2.37. The average molecular weight is 400 g/mol. The molecule has 0 bridgehead atoms. The maximum Gasteiger partial charge on any atom is 0.305 e. The van der Waals surface area contributed by atoms with E-state index in [0.717, 1.165) is 24.1 Å². The third-order valence-corrected chi connectivity index (χ3v) is 5.47. The average Bonchev–Trinajstić information content (AvgIpc) is 3.12. The molecule has 2 heterocycles. The number of nitrogens with one attached hydrogen (secondary N) is 1. The molecule has 29 heavy (non-hydrogen) atoms. The summed E-state index contributed by atoms with van der Waals surface area (Å²) in [6.07, 6.45) is 3.32. The Morgan fingerprint density at radius 1 is 1.24 bits per heavy atom. The fraction of sp³-hybridized carbons (Fsp3) is 0.524. The lowest BCUT2D eigenvalue weighted by Crippen LogP contribution is -2.46. The van der Waals surface area contributed by atoms with Crippen LogP contribution < -0.4 is 5.73 Å². The number of benzene rings is 1. The quantitative estimate of drug-likeness (QED) is 0.413. The Bertz CT molecular complexity index is 795. The molecule has 1 spiro atoms. The number of oxime groups is 1. The molecule has 0 atom stereocenters. The van der Waals surface area contributed by atoms with E-state index in [1.807, 2.05) is 29.2 Å². The van der Waals surface area contributed by atoms with Gasteiger partial charge < -0.3 is 20.2 Å². The molecule has 2 aliphatic heterocycles. The highest BCUT2D eigenvalue weighted by Gasteiger charge is 2.43. The summed E-state index contributed by atoms with van der Waals surface area (Å²) in [4.78, 5) is 31.4. The maximum atomic E-state index is 12.4. The molecule has 1 aromatic rings. The van der Waals surface area contributed by atoms with Crippen molar-refractivity contribution in [1.82, 2.24) is 4.90 Å². The van der Waals surface area contributed by atoms with Crippen LogP contribution in [0.15, 0.2) is 29.4 Å². The molecule has 8 nitrogen and oxygen atoms in total. The predicted octanol–water partition coefficient (Wildman–Crippen LogP) is 2.19. The molecular formula is C21H28N4O4. The van der Waals surface area contributed by atoms with Crippen LogP contribution in [0, 0.1) is 5.41 Å². The second-order valence-corrected chi connectivity index (χ2v) is 7.52. The topological polar surface area (TPSA) is 118 Å². The van der Waals surface area contributed by atoms with Crippen LogP contribution in [0.1, 0.15) is 56.6 Å². The fourth-order valence-corrected chi connectivity index (χ4v) is 3.73. The van der Waals surface area contributed by atoms with Crippen LogP contribution in [-0.2, 0) is 19.2 Å². The van der Waals surface area contributed by atoms with E-state index in [1.165, 1.54) is 0 Å². The molecule has 0 radical (unpaired) electrons. The van der Waals surface area contributed by atoms with Gasteiger partial charge in [0, 0.05) is 50.8 Å². The molecule has 1 fully saturated rings. The minimum absolute atomic E-state index is 0.0388. The molecule has 0 aliphatic carbocycles. The summed E-state index contributed by atoms with van der Waals surface area (Å²) in [5.74, 6) is -0.140. The number of rotatable bonds is 7. The smallest absolute Gasteiger partial charge is 0.305 e. The van der Waals surface area contributed by atoms with Gasteiger partial charge in [-0.2, -0.15) is 0 Å². The van der Waals surface area contributed by atoms with Gasteiger partial charge in [-0.05, 0) is 18.9 Å². The molecule has 1 saturated heterocycles. The summed E-state index contributed by atoms with van der Waals surface area (Å²) in [5.41, 5.74) is 7.67. The van der Waals surface area contributed by atoms with Gasteiger partial charge in [0.25, 0.3) is 0 Å². The van der Waals surface area contributed by atoms with E-state index in [1.54, 1.807) is 6.92 Å². The number of carbonyl (C=O) groups is 2. The van der Waals surface area contributed by atoms with Crippen molar-refractivity contribution in [3.8, 4) is 0 Å². The van der Waals surface area contributed by atoms with E-state index in [9.17, 15) is 9.59 Å². The van der Waals surface area contributed by atoms with Crippen LogP contribution in [0.2, 0.25) is 0 Å². The first-order chi connectivity index (χ1) is 13.9. The van der Waals surface area contributed by atoms with Gasteiger partial charge in [0.15, 0.2) is 0 Å². The first kappa shape index (κ1) is 20.8. The zero-order chi connectivity index (χ0) is 20.9. The van der Waals surface area contributed by atoms with Gasteiger partial charge in [-0.3, -0.25) is 15.0 Å². The molecule has 1 amide bonds. The van der Waals surface area contributed by atoms with Gasteiger partial charge in [0.05, 0.1) is 12.3 Å². The number of carbonyl (C=O) groups excluding carboxylic acids is 2. The summed E-state index contributed by atoms with van der Waals surface area (Å²) >= 11 is 0. The molecule has 156 valence electrons. The summed E-state index contributed by atoms with van der Waals surface area (Å²) < 4.78 is 4.89. The number of piperidine rings is 1. The zero-order valence-electron chi connectivity index (χ0n) is 16.8. The summed E-state index contributed by atoms with van der Waals surface area (Å²) in [6.45, 7) is 3.40. The Labute approximate surface area is 170 Å². The van der Waals surface area contributed by atoms with E-state index < -0.39 is 0 Å². The minimum atomic E-state index is -0.351. The van der Waals surface area contributed by atoms with Crippen LogP contribution in [0.5, 0.6) is 0 Å². The number of nitrogens with zero attached hydrogens (tertiary/aromatic N) is 2. The number of likely N-dealkylation sites (tertiary alicyclic amines) is 1. The summed E-state index contributed by atoms with van der Waals surface area (Å²) in [5, 5.41) is 11.8. The fourth-order valence-electron chi connectivity index (χ4n) is 3.73. The van der Waals surface area contributed by atoms with Gasteiger partial charge in [-0.25, -0.2) is 0 Å². The highest BCUT2D eigenvalue weighted by atomic mass is 16.7. The number of amides is 1. The SMILES string of the molecule is CCOC(=O)CCCC(=O)N1CCC2(CC1)CC(c1ccc(C(=N)N)cc1)=NO2. The van der Waals surface area contributed by atoms with Crippen LogP contribution in [-0.4, -0.2) is 53.6 Å². The maximum absolute atomic E-state index is 12.4. The number of ether oxygens (including phenoxy) is 1. The zero-order valence-corrected chi connectivity index (χ0v) is 16.8. The Morgan fingerprint density at radius 2 is 1.93 bits per heavy atom. The summed E-state index contributed by atoms with van der Waals surface area (Å²) in [6, 6.07) is 7.42. The summed E-state index contributed by atoms with van der Waals surface area (Å²) in [7, 11) is 0. The van der Waals surface area contributed by atoms with Crippen molar-refractivity contribution in [3.63, 3.8) is 0 Å². The van der Waals surface area contributed by atoms with Crippen molar-refractivity contribution in [2.24, 2.45) is 10.9 Å². The van der Waals surface area contributed by atoms with Gasteiger partial charge >= 0.3 is 5.97 Å². The minimum Gasteiger partial charge on any atom is -0.466 e. The number of esters is 1. The standard InChI is InChI=1S/C21H28N4O4/c1-2-28-19(27)5-3-4-18(26)25-12-10-21(11-13-25)14-17(24-29-21)15-6-8-16(9-7-15)20(22)23/h6-9H,2-5,10-14H2,1H3,(H3,22,23). The van der Waals surface area contributed by atoms with Crippen molar-refractivity contribution in [1.29, 1.82) is 5.41 Å². The van der Waals surface area contributed by atoms with Crippen molar-refractivity contribution in [3.05, 3.63) is 35.4 Å². The van der Waals surface area contributed by atoms with E-state index >= 15 is 0 Å². The number of amidine groups is 1. The highest BCUT2D eigenvalue weighted by Crippen LogP contribution is 2.36. The molecule has 0 unspecified atom stereocenters. The number of hydrogen-bond acceptors (Lipinski definition) is 6. The molecule has 1 aromatic carbocycles. The Balaban J connectivity index is 1.46. The van der Waals surface area contributed by atoms with Crippen LogP contribution >= 0.6 is 0 Å². The molecule has 3 N–H and O–H groups in total. The normalized spacial score (nSPS) is 17.6. The third kappa shape index (κ3) is 5.13. The largest absolute Gasteiger partial charge is 0.466 e. The van der Waals surface area contributed by atoms with Gasteiger partial charge in [-0.15, -0.1) is 0 Å². The Hall–Kier alpha value is -2.90. The van der Waals surface area contributed by atoms with Crippen LogP contribution in [0.4, 0.5) is 0 Å². The van der Waals surface area contributed by atoms with E-state index in [2.05, 4.69) is 5.16 Å². The first-order valence-electron chi connectivity index (χ1n) is 10.1. The molecule has 0 saturated carbocycles. The highest BCUT2D eigenvalue weighted by molar-refractivity contribution is 6.03. The molecule has 3 rings (SSSR count). The van der Waals surface area contributed by atoms with E-state index in [-0.39, 0.29) is 29.7 Å². The monoisotopic (exact) mass is 400 g/mol. The van der Waals surface area contributed by atoms with Crippen LogP contribution in [0.25, 0.3) is 0 Å². The van der Waals surface area contributed by atoms with E-state index in [0.29, 0.717) is 44.5 Å². The van der Waals surface area contributed by atoms with Gasteiger partial charge in [-0.1, -0.05) is 29.4 Å². The lowest BCUT2D eigenvalue weighted by atomic mass is 9.85. The van der Waals surface area contributed by atoms with Gasteiger partial charge in [0.1, 0.15) is 11.4 Å². The first-order valence-corrected chi connectivity index (χ1v) is 10.1. The number of nitrogen functional groups attached to an aromatic ring is 1. The predicted molar refractivity (Wildman–Crippen MR) is 109 cm³/mol. The Morgan fingerprint density at radius 3 is 2.55 bits per heavy atom. The van der Waals surface area contributed by atoms with E-state index in [4.69, 9.17) is 20.7 Å².